The number of esters is 1. The summed E-state index contributed by atoms with van der Waals surface area (Å²) in [5, 5.41) is 2.90. The van der Waals surface area contributed by atoms with Crippen molar-refractivity contribution in [3.63, 3.8) is 0 Å². The quantitative estimate of drug-likeness (QED) is 0.777. The van der Waals surface area contributed by atoms with E-state index >= 15 is 0 Å². The van der Waals surface area contributed by atoms with Crippen molar-refractivity contribution in [2.24, 2.45) is 0 Å². The van der Waals surface area contributed by atoms with Gasteiger partial charge >= 0.3 is 5.97 Å². The first-order chi connectivity index (χ1) is 7.72. The maximum absolute atomic E-state index is 11.7. The molecule has 5 heteroatoms. The summed E-state index contributed by atoms with van der Waals surface area (Å²) in [5.74, 6) is 0.544. The molecule has 86 valence electrons. The summed E-state index contributed by atoms with van der Waals surface area (Å²) in [6.45, 7) is 0. The van der Waals surface area contributed by atoms with Crippen LogP contribution in [0.4, 0.5) is 0 Å². The number of cyclic esters (lactones) is 1. The van der Waals surface area contributed by atoms with Crippen LogP contribution in [-0.4, -0.2) is 27.2 Å². The Bertz CT molecular complexity index is 430. The zero-order valence-electron chi connectivity index (χ0n) is 9.37. The number of ether oxygens (including phenoxy) is 3. The Morgan fingerprint density at radius 2 is 2.06 bits per heavy atom. The number of hydrogen-bond acceptors (Lipinski definition) is 5. The van der Waals surface area contributed by atoms with Gasteiger partial charge in [0.15, 0.2) is 17.7 Å². The molecule has 16 heavy (non-hydrogen) atoms. The van der Waals surface area contributed by atoms with Gasteiger partial charge in [-0.15, -0.1) is 0 Å². The van der Waals surface area contributed by atoms with Gasteiger partial charge in [0, 0.05) is 5.56 Å². The van der Waals surface area contributed by atoms with Crippen molar-refractivity contribution in [1.82, 2.24) is 5.32 Å². The molecule has 0 saturated heterocycles. The van der Waals surface area contributed by atoms with E-state index in [0.717, 1.165) is 5.56 Å². The number of hydrogen-bond donors (Lipinski definition) is 1. The molecular formula is C11H13NO4. The van der Waals surface area contributed by atoms with E-state index in [4.69, 9.17) is 14.2 Å². The van der Waals surface area contributed by atoms with Crippen LogP contribution in [0.5, 0.6) is 11.5 Å². The molecule has 1 atom stereocenters. The molecular weight excluding hydrogens is 210 g/mol. The van der Waals surface area contributed by atoms with E-state index in [1.54, 1.807) is 19.2 Å². The fourth-order valence-corrected chi connectivity index (χ4v) is 1.82. The Morgan fingerprint density at radius 3 is 2.62 bits per heavy atom. The van der Waals surface area contributed by atoms with Crippen molar-refractivity contribution in [2.75, 3.05) is 21.3 Å². The van der Waals surface area contributed by atoms with Crippen LogP contribution in [0.15, 0.2) is 12.1 Å². The zero-order chi connectivity index (χ0) is 11.7. The number of carbonyl (C=O) groups excluding carboxylic acids is 1. The van der Waals surface area contributed by atoms with E-state index < -0.39 is 12.2 Å². The predicted molar refractivity (Wildman–Crippen MR) is 56.8 cm³/mol. The normalized spacial score (nSPS) is 17.9. The Labute approximate surface area is 93.3 Å². The lowest BCUT2D eigenvalue weighted by atomic mass is 10.1. The van der Waals surface area contributed by atoms with Crippen molar-refractivity contribution in [3.05, 3.63) is 23.3 Å². The standard InChI is InChI=1S/C11H13NO4/c1-12-10-6-4-5-7(14-2)9(15-3)8(6)11(13)16-10/h4-5,10,12H,1-3H3/t10-/m1/s1. The number of benzene rings is 1. The largest absolute Gasteiger partial charge is 0.493 e. The van der Waals surface area contributed by atoms with E-state index in [2.05, 4.69) is 5.32 Å². The van der Waals surface area contributed by atoms with Gasteiger partial charge in [0.25, 0.3) is 0 Å². The average molecular weight is 223 g/mol. The van der Waals surface area contributed by atoms with Gasteiger partial charge < -0.3 is 14.2 Å². The number of fused-ring (bicyclic) bond motifs is 1. The third-order valence-corrected chi connectivity index (χ3v) is 2.55. The van der Waals surface area contributed by atoms with Gasteiger partial charge in [0.05, 0.1) is 14.2 Å². The van der Waals surface area contributed by atoms with Crippen LogP contribution in [0, 0.1) is 0 Å². The average Bonchev–Trinajstić information content (AvgIpc) is 2.65. The molecule has 1 aliphatic heterocycles. The number of rotatable bonds is 3. The van der Waals surface area contributed by atoms with E-state index in [-0.39, 0.29) is 0 Å². The summed E-state index contributed by atoms with van der Waals surface area (Å²) in [5.41, 5.74) is 1.20. The summed E-state index contributed by atoms with van der Waals surface area (Å²) in [4.78, 5) is 11.7. The molecule has 0 radical (unpaired) electrons. The van der Waals surface area contributed by atoms with E-state index in [0.29, 0.717) is 17.1 Å². The molecule has 1 aromatic carbocycles. The van der Waals surface area contributed by atoms with Crippen LogP contribution >= 0.6 is 0 Å². The highest BCUT2D eigenvalue weighted by molar-refractivity contribution is 5.98. The van der Waals surface area contributed by atoms with Crippen molar-refractivity contribution in [3.8, 4) is 11.5 Å². The molecule has 1 N–H and O–H groups in total. The minimum Gasteiger partial charge on any atom is -0.493 e. The molecule has 0 fully saturated rings. The van der Waals surface area contributed by atoms with E-state index in [9.17, 15) is 4.79 Å². The Kier molecular flexibility index (Phi) is 2.70. The van der Waals surface area contributed by atoms with E-state index in [1.165, 1.54) is 14.2 Å². The minimum atomic E-state index is -0.415. The van der Waals surface area contributed by atoms with Crippen molar-refractivity contribution < 1.29 is 19.0 Å². The lowest BCUT2D eigenvalue weighted by Crippen LogP contribution is -2.15. The number of carbonyl (C=O) groups is 1. The topological polar surface area (TPSA) is 56.8 Å². The fourth-order valence-electron chi connectivity index (χ4n) is 1.82. The summed E-state index contributed by atoms with van der Waals surface area (Å²) in [6, 6.07) is 3.55. The Balaban J connectivity index is 2.60. The first kappa shape index (κ1) is 10.8. The highest BCUT2D eigenvalue weighted by atomic mass is 16.6. The predicted octanol–water partition coefficient (Wildman–Crippen LogP) is 1.09. The molecule has 5 nitrogen and oxygen atoms in total. The van der Waals surface area contributed by atoms with Crippen LogP contribution in [0.2, 0.25) is 0 Å². The molecule has 0 saturated carbocycles. The second-order valence-electron chi connectivity index (χ2n) is 3.34. The summed E-state index contributed by atoms with van der Waals surface area (Å²) in [7, 11) is 4.75. The number of methoxy groups -OCH3 is 2. The molecule has 1 aromatic rings. The highest BCUT2D eigenvalue weighted by Crippen LogP contribution is 2.40. The Hall–Kier alpha value is -1.75. The molecule has 0 spiro atoms. The van der Waals surface area contributed by atoms with Crippen molar-refractivity contribution in [1.29, 1.82) is 0 Å². The maximum Gasteiger partial charge on any atom is 0.344 e. The minimum absolute atomic E-state index is 0.398. The lowest BCUT2D eigenvalue weighted by molar-refractivity contribution is 0.0326. The molecule has 1 heterocycles. The van der Waals surface area contributed by atoms with Crippen LogP contribution in [0.3, 0.4) is 0 Å². The fraction of sp³-hybridized carbons (Fsp3) is 0.364. The Morgan fingerprint density at radius 1 is 1.31 bits per heavy atom. The molecule has 0 bridgehead atoms. The van der Waals surface area contributed by atoms with Gasteiger partial charge in [0.2, 0.25) is 0 Å². The third-order valence-electron chi connectivity index (χ3n) is 2.55. The molecule has 2 rings (SSSR count). The molecule has 0 aliphatic carbocycles. The summed E-state index contributed by atoms with van der Waals surface area (Å²) in [6.07, 6.45) is -0.415. The molecule has 0 unspecified atom stereocenters. The number of nitrogens with one attached hydrogen (secondary N) is 1. The molecule has 1 aliphatic rings. The van der Waals surface area contributed by atoms with Crippen LogP contribution in [0.25, 0.3) is 0 Å². The van der Waals surface area contributed by atoms with Gasteiger partial charge in [-0.1, -0.05) is 0 Å². The van der Waals surface area contributed by atoms with Crippen LogP contribution in [0.1, 0.15) is 22.1 Å². The van der Waals surface area contributed by atoms with Gasteiger partial charge in [-0.25, -0.2) is 4.79 Å². The van der Waals surface area contributed by atoms with Gasteiger partial charge in [-0.2, -0.15) is 0 Å². The second kappa shape index (κ2) is 4.02. The summed E-state index contributed by atoms with van der Waals surface area (Å²) >= 11 is 0. The first-order valence-electron chi connectivity index (χ1n) is 4.86. The smallest absolute Gasteiger partial charge is 0.344 e. The van der Waals surface area contributed by atoms with Crippen molar-refractivity contribution in [2.45, 2.75) is 6.23 Å². The monoisotopic (exact) mass is 223 g/mol. The van der Waals surface area contributed by atoms with Crippen LogP contribution in [-0.2, 0) is 4.74 Å². The SMILES string of the molecule is CN[C@@H]1OC(=O)c2c1ccc(OC)c2OC. The molecule has 0 amide bonds. The van der Waals surface area contributed by atoms with Crippen molar-refractivity contribution >= 4 is 5.97 Å². The maximum atomic E-state index is 11.7. The van der Waals surface area contributed by atoms with Gasteiger partial charge in [0.1, 0.15) is 5.56 Å². The molecule has 0 aromatic heterocycles. The third kappa shape index (κ3) is 1.40. The second-order valence-corrected chi connectivity index (χ2v) is 3.34. The highest BCUT2D eigenvalue weighted by Gasteiger charge is 2.34. The van der Waals surface area contributed by atoms with Gasteiger partial charge in [-0.05, 0) is 19.2 Å². The zero-order valence-corrected chi connectivity index (χ0v) is 9.37. The summed E-state index contributed by atoms with van der Waals surface area (Å²) < 4.78 is 15.5. The lowest BCUT2D eigenvalue weighted by Gasteiger charge is -2.11. The first-order valence-corrected chi connectivity index (χ1v) is 4.86. The van der Waals surface area contributed by atoms with Gasteiger partial charge in [-0.3, -0.25) is 5.32 Å². The van der Waals surface area contributed by atoms with E-state index in [1.807, 2.05) is 0 Å². The van der Waals surface area contributed by atoms with Crippen LogP contribution < -0.4 is 14.8 Å².